The van der Waals surface area contributed by atoms with E-state index in [1.807, 2.05) is 37.4 Å². The van der Waals surface area contributed by atoms with Gasteiger partial charge in [0.1, 0.15) is 0 Å². The largest absolute Gasteiger partial charge is 0.380 e. The van der Waals surface area contributed by atoms with Gasteiger partial charge in [-0.2, -0.15) is 0 Å². The summed E-state index contributed by atoms with van der Waals surface area (Å²) < 4.78 is 5.19. The molecule has 0 bridgehead atoms. The zero-order valence-corrected chi connectivity index (χ0v) is 13.7. The van der Waals surface area contributed by atoms with Crippen LogP contribution in [0, 0.1) is 0 Å². The molecule has 0 aliphatic heterocycles. The maximum atomic E-state index is 12.3. The topological polar surface area (TPSA) is 55.6 Å². The minimum absolute atomic E-state index is 0.0326. The highest BCUT2D eigenvalue weighted by Gasteiger charge is 2.16. The summed E-state index contributed by atoms with van der Waals surface area (Å²) in [5.74, 6) is 0.0326. The molecule has 2 aromatic rings. The number of ether oxygens (including phenoxy) is 1. The van der Waals surface area contributed by atoms with E-state index in [0.717, 1.165) is 16.7 Å². The van der Waals surface area contributed by atoms with Crippen molar-refractivity contribution in [3.63, 3.8) is 0 Å². The zero-order valence-electron chi connectivity index (χ0n) is 13.7. The summed E-state index contributed by atoms with van der Waals surface area (Å²) in [6, 6.07) is 18.4. The van der Waals surface area contributed by atoms with Crippen LogP contribution in [0.5, 0.6) is 0 Å². The third-order valence-corrected chi connectivity index (χ3v) is 3.93. The van der Waals surface area contributed by atoms with Crippen LogP contribution in [0.3, 0.4) is 0 Å². The van der Waals surface area contributed by atoms with E-state index in [1.54, 1.807) is 12.0 Å². The highest BCUT2D eigenvalue weighted by molar-refractivity contribution is 5.77. The van der Waals surface area contributed by atoms with Gasteiger partial charge in [-0.05, 0) is 16.7 Å². The third-order valence-electron chi connectivity index (χ3n) is 3.93. The van der Waals surface area contributed by atoms with Gasteiger partial charge in [0.25, 0.3) is 0 Å². The quantitative estimate of drug-likeness (QED) is 0.855. The number of nitrogens with two attached hydrogens (primary N) is 1. The molecule has 1 amide bonds. The molecule has 0 spiro atoms. The Labute approximate surface area is 137 Å². The lowest BCUT2D eigenvalue weighted by atomic mass is 9.99. The number of hydrogen-bond acceptors (Lipinski definition) is 3. The molecule has 0 saturated carbocycles. The number of methoxy groups -OCH3 is 1. The fourth-order valence-corrected chi connectivity index (χ4v) is 2.51. The van der Waals surface area contributed by atoms with Crippen molar-refractivity contribution in [2.24, 2.45) is 5.73 Å². The van der Waals surface area contributed by atoms with Crippen LogP contribution in [0.4, 0.5) is 0 Å². The molecule has 1 atom stereocenters. The van der Waals surface area contributed by atoms with Crippen molar-refractivity contribution >= 4 is 5.91 Å². The summed E-state index contributed by atoms with van der Waals surface area (Å²) in [7, 11) is 3.39. The number of hydrogen-bond donors (Lipinski definition) is 1. The van der Waals surface area contributed by atoms with Crippen molar-refractivity contribution in [3.05, 3.63) is 60.2 Å². The fourth-order valence-electron chi connectivity index (χ4n) is 2.51. The molecule has 1 unspecified atom stereocenters. The Morgan fingerprint density at radius 1 is 1.13 bits per heavy atom. The first-order chi connectivity index (χ1) is 11.2. The van der Waals surface area contributed by atoms with Crippen LogP contribution in [0.25, 0.3) is 11.1 Å². The van der Waals surface area contributed by atoms with E-state index < -0.39 is 0 Å². The van der Waals surface area contributed by atoms with Crippen LogP contribution in [0.1, 0.15) is 12.0 Å². The van der Waals surface area contributed by atoms with Gasteiger partial charge in [-0.15, -0.1) is 0 Å². The molecule has 0 aliphatic rings. The minimum Gasteiger partial charge on any atom is -0.380 e. The Balaban J connectivity index is 2.13. The smallest absolute Gasteiger partial charge is 0.225 e. The molecule has 0 aromatic heterocycles. The monoisotopic (exact) mass is 312 g/mol. The maximum Gasteiger partial charge on any atom is 0.225 e. The van der Waals surface area contributed by atoms with Gasteiger partial charge < -0.3 is 15.4 Å². The highest BCUT2D eigenvalue weighted by atomic mass is 16.5. The van der Waals surface area contributed by atoms with Gasteiger partial charge in [0.2, 0.25) is 5.91 Å². The third kappa shape index (κ3) is 4.65. The molecule has 0 saturated heterocycles. The van der Waals surface area contributed by atoms with Crippen LogP contribution in [-0.2, 0) is 16.1 Å². The van der Waals surface area contributed by atoms with Crippen molar-refractivity contribution in [1.29, 1.82) is 0 Å². The number of amides is 1. The first kappa shape index (κ1) is 17.2. The van der Waals surface area contributed by atoms with Gasteiger partial charge >= 0.3 is 0 Å². The molecule has 4 nitrogen and oxygen atoms in total. The molecule has 0 heterocycles. The van der Waals surface area contributed by atoms with Crippen LogP contribution in [0.15, 0.2) is 54.6 Å². The Hall–Kier alpha value is -2.17. The van der Waals surface area contributed by atoms with Crippen molar-refractivity contribution in [2.75, 3.05) is 20.7 Å². The van der Waals surface area contributed by atoms with Gasteiger partial charge in [0.05, 0.1) is 12.5 Å². The van der Waals surface area contributed by atoms with Gasteiger partial charge in [0, 0.05) is 27.2 Å². The normalized spacial score (nSPS) is 12.0. The van der Waals surface area contributed by atoms with Crippen LogP contribution >= 0.6 is 0 Å². The predicted molar refractivity (Wildman–Crippen MR) is 92.8 cm³/mol. The first-order valence-corrected chi connectivity index (χ1v) is 7.76. The molecular formula is C19H24N2O2. The molecule has 0 fully saturated rings. The van der Waals surface area contributed by atoms with E-state index in [-0.39, 0.29) is 12.0 Å². The molecular weight excluding hydrogens is 288 g/mol. The Morgan fingerprint density at radius 2 is 1.78 bits per heavy atom. The van der Waals surface area contributed by atoms with E-state index in [2.05, 4.69) is 24.3 Å². The number of carbonyl (C=O) groups excluding carboxylic acids is 1. The van der Waals surface area contributed by atoms with Crippen molar-refractivity contribution in [3.8, 4) is 11.1 Å². The van der Waals surface area contributed by atoms with Crippen molar-refractivity contribution < 1.29 is 9.53 Å². The lowest BCUT2D eigenvalue weighted by Gasteiger charge is -2.21. The second kappa shape index (κ2) is 8.46. The summed E-state index contributed by atoms with van der Waals surface area (Å²) in [5, 5.41) is 0. The van der Waals surface area contributed by atoms with Crippen molar-refractivity contribution in [1.82, 2.24) is 4.90 Å². The summed E-state index contributed by atoms with van der Waals surface area (Å²) in [6.07, 6.45) is 0.0751. The molecule has 2 rings (SSSR count). The standard InChI is InChI=1S/C19H24N2O2/c1-21(19(22)12-17(13-20)23-2)14-16-10-6-7-11-18(16)15-8-4-3-5-9-15/h3-11,17H,12-14,20H2,1-2H3. The summed E-state index contributed by atoms with van der Waals surface area (Å²) in [4.78, 5) is 14.0. The second-order valence-electron chi connectivity index (χ2n) is 5.57. The SMILES string of the molecule is COC(CN)CC(=O)N(C)Cc1ccccc1-c1ccccc1. The Kier molecular flexibility index (Phi) is 6.32. The van der Waals surface area contributed by atoms with Crippen LogP contribution < -0.4 is 5.73 Å². The van der Waals surface area contributed by atoms with Crippen LogP contribution in [0.2, 0.25) is 0 Å². The van der Waals surface area contributed by atoms with E-state index >= 15 is 0 Å². The van der Waals surface area contributed by atoms with Crippen molar-refractivity contribution in [2.45, 2.75) is 19.1 Å². The lowest BCUT2D eigenvalue weighted by molar-refractivity contribution is -0.132. The Morgan fingerprint density at radius 3 is 2.43 bits per heavy atom. The second-order valence-corrected chi connectivity index (χ2v) is 5.57. The van der Waals surface area contributed by atoms with Gasteiger partial charge in [-0.25, -0.2) is 0 Å². The number of benzene rings is 2. The van der Waals surface area contributed by atoms with Gasteiger partial charge in [-0.3, -0.25) is 4.79 Å². The van der Waals surface area contributed by atoms with Gasteiger partial charge in [0.15, 0.2) is 0 Å². The van der Waals surface area contributed by atoms with E-state index in [9.17, 15) is 4.79 Å². The molecule has 2 aromatic carbocycles. The minimum atomic E-state index is -0.227. The molecule has 122 valence electrons. The van der Waals surface area contributed by atoms with E-state index in [0.29, 0.717) is 19.5 Å². The van der Waals surface area contributed by atoms with E-state index in [4.69, 9.17) is 10.5 Å². The summed E-state index contributed by atoms with van der Waals surface area (Å²) >= 11 is 0. The average Bonchev–Trinajstić information content (AvgIpc) is 2.60. The predicted octanol–water partition coefficient (Wildman–Crippen LogP) is 2.68. The average molecular weight is 312 g/mol. The summed E-state index contributed by atoms with van der Waals surface area (Å²) in [5.41, 5.74) is 9.01. The maximum absolute atomic E-state index is 12.3. The first-order valence-electron chi connectivity index (χ1n) is 7.76. The number of nitrogens with zero attached hydrogens (tertiary/aromatic N) is 1. The van der Waals surface area contributed by atoms with Gasteiger partial charge in [-0.1, -0.05) is 54.6 Å². The molecule has 2 N–H and O–H groups in total. The Bertz CT molecular complexity index is 624. The summed E-state index contributed by atoms with van der Waals surface area (Å²) in [6.45, 7) is 0.904. The lowest BCUT2D eigenvalue weighted by Crippen LogP contribution is -2.33. The molecule has 0 radical (unpaired) electrons. The number of rotatable bonds is 7. The zero-order chi connectivity index (χ0) is 16.7. The van der Waals surface area contributed by atoms with Crippen LogP contribution in [-0.4, -0.2) is 37.6 Å². The fraction of sp³-hybridized carbons (Fsp3) is 0.316. The van der Waals surface area contributed by atoms with E-state index in [1.165, 1.54) is 0 Å². The molecule has 0 aliphatic carbocycles. The highest BCUT2D eigenvalue weighted by Crippen LogP contribution is 2.24. The molecule has 4 heteroatoms. The number of carbonyl (C=O) groups is 1. The molecule has 23 heavy (non-hydrogen) atoms.